The molecule has 1 aromatic heterocycles. The first-order valence-electron chi connectivity index (χ1n) is 3.46. The van der Waals surface area contributed by atoms with E-state index in [1.54, 1.807) is 6.92 Å². The maximum absolute atomic E-state index is 11.2. The minimum Gasteiger partial charge on any atom is -0.323 e. The molecule has 0 aliphatic heterocycles. The lowest BCUT2D eigenvalue weighted by molar-refractivity contribution is 0.263. The van der Waals surface area contributed by atoms with Crippen molar-refractivity contribution in [1.82, 2.24) is 20.2 Å². The van der Waals surface area contributed by atoms with Gasteiger partial charge in [0, 0.05) is 0 Å². The highest BCUT2D eigenvalue weighted by Gasteiger charge is 2.21. The molecule has 13 heavy (non-hydrogen) atoms. The van der Waals surface area contributed by atoms with Crippen molar-refractivity contribution in [2.45, 2.75) is 18.4 Å². The molecule has 0 amide bonds. The first-order valence-corrected chi connectivity index (χ1v) is 5.67. The van der Waals surface area contributed by atoms with Crippen molar-refractivity contribution in [3.8, 4) is 0 Å². The van der Waals surface area contributed by atoms with Gasteiger partial charge in [-0.25, -0.2) is 4.68 Å². The summed E-state index contributed by atoms with van der Waals surface area (Å²) in [5.41, 5.74) is 0. The van der Waals surface area contributed by atoms with Gasteiger partial charge in [-0.1, -0.05) is 0 Å². The predicted molar refractivity (Wildman–Crippen MR) is 46.5 cm³/mol. The molecule has 0 saturated heterocycles. The first-order chi connectivity index (χ1) is 6.05. The molecular formula is C4H9N4O3PS. The van der Waals surface area contributed by atoms with Crippen LogP contribution >= 0.6 is 20.2 Å². The topological polar surface area (TPSA) is 90.1 Å². The van der Waals surface area contributed by atoms with Gasteiger partial charge in [0.1, 0.15) is 6.29 Å². The summed E-state index contributed by atoms with van der Waals surface area (Å²) in [6, 6.07) is 0. The Kier molecular flexibility index (Phi) is 3.43. The molecule has 1 heterocycles. The van der Waals surface area contributed by atoms with Crippen LogP contribution in [0.4, 0.5) is 0 Å². The lowest BCUT2D eigenvalue weighted by Gasteiger charge is -2.09. The van der Waals surface area contributed by atoms with Crippen molar-refractivity contribution in [2.75, 3.05) is 6.61 Å². The SMILES string of the molecule is CCOP(=O)(O)Cn1nnnc1S. The van der Waals surface area contributed by atoms with Crippen molar-refractivity contribution >= 4 is 20.2 Å². The number of nitrogens with zero attached hydrogens (tertiary/aromatic N) is 4. The Morgan fingerprint density at radius 2 is 2.46 bits per heavy atom. The molecule has 9 heteroatoms. The lowest BCUT2D eigenvalue weighted by atomic mass is 10.9. The third kappa shape index (κ3) is 3.07. The summed E-state index contributed by atoms with van der Waals surface area (Å²) in [5.74, 6) is 0. The Morgan fingerprint density at radius 1 is 1.77 bits per heavy atom. The summed E-state index contributed by atoms with van der Waals surface area (Å²) in [5, 5.41) is 10.3. The first kappa shape index (κ1) is 10.6. The van der Waals surface area contributed by atoms with E-state index in [1.165, 1.54) is 0 Å². The standard InChI is InChI=1S/C4H9N4O3PS/c1-2-11-12(9,10)3-8-4(13)5-6-7-8/h2-3H2,1H3,(H,9,10)(H,5,7,13). The molecular weight excluding hydrogens is 215 g/mol. The molecule has 0 aromatic carbocycles. The number of hydrogen-bond acceptors (Lipinski definition) is 6. The summed E-state index contributed by atoms with van der Waals surface area (Å²) in [6.45, 7) is 1.79. The molecule has 1 aromatic rings. The van der Waals surface area contributed by atoms with Gasteiger partial charge < -0.3 is 9.42 Å². The summed E-state index contributed by atoms with van der Waals surface area (Å²) in [6.07, 6.45) is -0.285. The molecule has 0 saturated carbocycles. The van der Waals surface area contributed by atoms with Gasteiger partial charge in [-0.2, -0.15) is 0 Å². The van der Waals surface area contributed by atoms with Crippen LogP contribution in [0.3, 0.4) is 0 Å². The highest BCUT2D eigenvalue weighted by Crippen LogP contribution is 2.43. The molecule has 1 N–H and O–H groups in total. The van der Waals surface area contributed by atoms with E-state index in [1.807, 2.05) is 0 Å². The zero-order valence-corrected chi connectivity index (χ0v) is 8.65. The number of rotatable bonds is 4. The van der Waals surface area contributed by atoms with Crippen LogP contribution in [0.1, 0.15) is 6.92 Å². The van der Waals surface area contributed by atoms with Crippen LogP contribution in [0, 0.1) is 0 Å². The van der Waals surface area contributed by atoms with Crippen LogP contribution in [-0.2, 0) is 15.4 Å². The number of hydrogen-bond donors (Lipinski definition) is 2. The zero-order chi connectivity index (χ0) is 9.90. The van der Waals surface area contributed by atoms with Crippen LogP contribution < -0.4 is 0 Å². The van der Waals surface area contributed by atoms with Crippen LogP contribution in [0.15, 0.2) is 5.16 Å². The van der Waals surface area contributed by atoms with E-state index in [-0.39, 0.29) is 18.0 Å². The van der Waals surface area contributed by atoms with Gasteiger partial charge in [0.25, 0.3) is 0 Å². The summed E-state index contributed by atoms with van der Waals surface area (Å²) >= 11 is 3.87. The van der Waals surface area contributed by atoms with Crippen LogP contribution in [0.5, 0.6) is 0 Å². The van der Waals surface area contributed by atoms with E-state index in [4.69, 9.17) is 0 Å². The molecule has 0 bridgehead atoms. The van der Waals surface area contributed by atoms with E-state index in [0.717, 1.165) is 4.68 Å². The number of thiol groups is 1. The second-order valence-corrected chi connectivity index (χ2v) is 4.39. The molecule has 0 fully saturated rings. The molecule has 1 unspecified atom stereocenters. The second-order valence-electron chi connectivity index (χ2n) is 2.18. The number of aromatic nitrogens is 4. The van der Waals surface area contributed by atoms with Gasteiger partial charge in [0.05, 0.1) is 6.61 Å². The highest BCUT2D eigenvalue weighted by molar-refractivity contribution is 7.80. The van der Waals surface area contributed by atoms with Gasteiger partial charge in [0.15, 0.2) is 0 Å². The van der Waals surface area contributed by atoms with Gasteiger partial charge in [-0.3, -0.25) is 4.57 Å². The van der Waals surface area contributed by atoms with Crippen molar-refractivity contribution in [3.63, 3.8) is 0 Å². The normalized spacial score (nSPS) is 15.6. The monoisotopic (exact) mass is 224 g/mol. The van der Waals surface area contributed by atoms with E-state index >= 15 is 0 Å². The third-order valence-corrected chi connectivity index (χ3v) is 2.76. The van der Waals surface area contributed by atoms with Crippen molar-refractivity contribution in [1.29, 1.82) is 0 Å². The molecule has 0 radical (unpaired) electrons. The molecule has 74 valence electrons. The Labute approximate surface area is 80.0 Å². The fourth-order valence-electron chi connectivity index (χ4n) is 0.703. The van der Waals surface area contributed by atoms with Crippen molar-refractivity contribution < 1.29 is 14.0 Å². The molecule has 1 atom stereocenters. The quantitative estimate of drug-likeness (QED) is 0.558. The summed E-state index contributed by atoms with van der Waals surface area (Å²) in [7, 11) is -3.64. The summed E-state index contributed by atoms with van der Waals surface area (Å²) in [4.78, 5) is 9.19. The van der Waals surface area contributed by atoms with Crippen molar-refractivity contribution in [3.05, 3.63) is 0 Å². The van der Waals surface area contributed by atoms with E-state index in [0.29, 0.717) is 0 Å². The van der Waals surface area contributed by atoms with Crippen LogP contribution in [0.2, 0.25) is 0 Å². The average Bonchev–Trinajstić information content (AvgIpc) is 2.35. The molecule has 0 spiro atoms. The highest BCUT2D eigenvalue weighted by atomic mass is 32.1. The van der Waals surface area contributed by atoms with E-state index < -0.39 is 7.60 Å². The van der Waals surface area contributed by atoms with Crippen molar-refractivity contribution in [2.24, 2.45) is 0 Å². The molecule has 1 rings (SSSR count). The Morgan fingerprint density at radius 3 is 2.92 bits per heavy atom. The smallest absolute Gasteiger partial charge is 0.323 e. The Bertz CT molecular complexity index is 329. The zero-order valence-electron chi connectivity index (χ0n) is 6.86. The largest absolute Gasteiger partial charge is 0.349 e. The Balaban J connectivity index is 2.69. The predicted octanol–water partition coefficient (Wildman–Crippen LogP) is 0.141. The third-order valence-electron chi connectivity index (χ3n) is 1.16. The fraction of sp³-hybridized carbons (Fsp3) is 0.750. The number of tetrazole rings is 1. The minimum atomic E-state index is -3.64. The van der Waals surface area contributed by atoms with E-state index in [9.17, 15) is 9.46 Å². The van der Waals surface area contributed by atoms with Gasteiger partial charge in [0.2, 0.25) is 5.16 Å². The Hall–Kier alpha value is -0.430. The van der Waals surface area contributed by atoms with Gasteiger partial charge >= 0.3 is 7.60 Å². The van der Waals surface area contributed by atoms with Crippen LogP contribution in [-0.4, -0.2) is 31.7 Å². The minimum absolute atomic E-state index is 0.164. The maximum atomic E-state index is 11.2. The van der Waals surface area contributed by atoms with E-state index in [2.05, 4.69) is 32.7 Å². The van der Waals surface area contributed by atoms with Gasteiger partial charge in [-0.15, -0.1) is 17.7 Å². The van der Waals surface area contributed by atoms with Gasteiger partial charge in [-0.05, 0) is 17.4 Å². The average molecular weight is 224 g/mol. The lowest BCUT2D eigenvalue weighted by Crippen LogP contribution is -2.04. The molecule has 0 aliphatic carbocycles. The summed E-state index contributed by atoms with van der Waals surface area (Å²) < 4.78 is 16.9. The maximum Gasteiger partial charge on any atom is 0.349 e. The fourth-order valence-corrected chi connectivity index (χ4v) is 1.98. The second kappa shape index (κ2) is 4.19. The molecule has 7 nitrogen and oxygen atoms in total. The van der Waals surface area contributed by atoms with Crippen LogP contribution in [0.25, 0.3) is 0 Å². The molecule has 0 aliphatic rings.